The second-order valence-corrected chi connectivity index (χ2v) is 9.35. The monoisotopic (exact) mass is 367 g/mol. The molecule has 3 aliphatic carbocycles. The number of fused-ring (bicyclic) bond motifs is 1. The Kier molecular flexibility index (Phi) is 3.57. The number of benzene rings is 1. The maximum absolute atomic E-state index is 6.18. The second-order valence-electron chi connectivity index (χ2n) is 9.35. The van der Waals surface area contributed by atoms with E-state index < -0.39 is 0 Å². The van der Waals surface area contributed by atoms with Crippen molar-refractivity contribution in [3.05, 3.63) is 41.0 Å². The predicted octanol–water partition coefficient (Wildman–Crippen LogP) is 3.44. The molecule has 4 heteroatoms. The van der Waals surface area contributed by atoms with E-state index in [1.807, 2.05) is 0 Å². The summed E-state index contributed by atoms with van der Waals surface area (Å²) < 4.78 is 17.5. The minimum Gasteiger partial charge on any atom is -0.497 e. The Morgan fingerprint density at radius 2 is 2.22 bits per heavy atom. The molecule has 0 aromatic heterocycles. The summed E-state index contributed by atoms with van der Waals surface area (Å²) in [6.07, 6.45) is 9.77. The fourth-order valence-corrected chi connectivity index (χ4v) is 6.24. The molecule has 1 aromatic carbocycles. The van der Waals surface area contributed by atoms with Gasteiger partial charge in [0.15, 0.2) is 0 Å². The molecule has 27 heavy (non-hydrogen) atoms. The smallest absolute Gasteiger partial charge is 0.147 e. The van der Waals surface area contributed by atoms with Crippen LogP contribution in [-0.4, -0.2) is 50.1 Å². The summed E-state index contributed by atoms with van der Waals surface area (Å²) in [6, 6.07) is 7.33. The maximum atomic E-state index is 6.18. The summed E-state index contributed by atoms with van der Waals surface area (Å²) in [6.45, 7) is 3.66. The van der Waals surface area contributed by atoms with Gasteiger partial charge < -0.3 is 14.2 Å². The summed E-state index contributed by atoms with van der Waals surface area (Å²) in [4.78, 5) is 2.79. The van der Waals surface area contributed by atoms with E-state index in [9.17, 15) is 0 Å². The first-order chi connectivity index (χ1) is 13.2. The lowest BCUT2D eigenvalue weighted by Crippen LogP contribution is -2.59. The van der Waals surface area contributed by atoms with Crippen LogP contribution in [0.1, 0.15) is 43.2 Å². The molecule has 2 bridgehead atoms. The largest absolute Gasteiger partial charge is 0.497 e. The molecule has 3 atom stereocenters. The average molecular weight is 367 g/mol. The van der Waals surface area contributed by atoms with E-state index in [4.69, 9.17) is 14.2 Å². The third kappa shape index (κ3) is 2.46. The lowest BCUT2D eigenvalue weighted by molar-refractivity contribution is -0.0362. The highest BCUT2D eigenvalue weighted by atomic mass is 16.7. The fourth-order valence-electron chi connectivity index (χ4n) is 6.24. The van der Waals surface area contributed by atoms with E-state index in [0.29, 0.717) is 12.8 Å². The molecular weight excluding hydrogens is 338 g/mol. The molecule has 0 radical (unpaired) electrons. The van der Waals surface area contributed by atoms with Gasteiger partial charge in [0.05, 0.1) is 19.3 Å². The van der Waals surface area contributed by atoms with Crippen LogP contribution in [0.5, 0.6) is 5.75 Å². The van der Waals surface area contributed by atoms with Gasteiger partial charge in [0.1, 0.15) is 12.5 Å². The first-order valence-electron chi connectivity index (χ1n) is 10.6. The zero-order chi connectivity index (χ0) is 18.1. The molecule has 1 saturated carbocycles. The molecule has 2 saturated heterocycles. The minimum atomic E-state index is -0.135. The third-order valence-electron chi connectivity index (χ3n) is 7.75. The summed E-state index contributed by atoms with van der Waals surface area (Å²) in [5.74, 6) is 1.92. The number of ether oxygens (including phenoxy) is 3. The Hall–Kier alpha value is -1.36. The number of nitrogens with zero attached hydrogens (tertiary/aromatic N) is 1. The van der Waals surface area contributed by atoms with Gasteiger partial charge in [0.2, 0.25) is 0 Å². The summed E-state index contributed by atoms with van der Waals surface area (Å²) >= 11 is 0. The van der Waals surface area contributed by atoms with Crippen LogP contribution < -0.4 is 4.74 Å². The second kappa shape index (κ2) is 5.82. The van der Waals surface area contributed by atoms with E-state index in [2.05, 4.69) is 29.2 Å². The third-order valence-corrected chi connectivity index (χ3v) is 7.75. The topological polar surface area (TPSA) is 30.9 Å². The van der Waals surface area contributed by atoms with Crippen molar-refractivity contribution >= 4 is 0 Å². The summed E-state index contributed by atoms with van der Waals surface area (Å²) in [5.41, 5.74) is 4.62. The van der Waals surface area contributed by atoms with Gasteiger partial charge in [-0.05, 0) is 79.8 Å². The summed E-state index contributed by atoms with van der Waals surface area (Å²) in [7, 11) is 1.77. The molecule has 1 aromatic rings. The van der Waals surface area contributed by atoms with E-state index in [1.165, 1.54) is 43.5 Å². The van der Waals surface area contributed by atoms with Gasteiger partial charge in [0, 0.05) is 18.0 Å². The highest BCUT2D eigenvalue weighted by Crippen LogP contribution is 2.57. The number of hydrogen-bond donors (Lipinski definition) is 0. The SMILES string of the molecule is COc1ccc2c(c1)[C@]13CCN(CC4CC4)[C@H](C2)C1=CCC1(COCO1)C3. The standard InChI is InChI=1S/C23H29NO3/c1-25-18-5-4-17-10-21-19-6-7-22(14-26-15-27-22)13-23(19,20(17)11-18)8-9-24(21)12-16-2-3-16/h4-6,11,16,21H,2-3,7-10,12-15H2,1H3/t21-,22?,23+/m1/s1. The van der Waals surface area contributed by atoms with E-state index >= 15 is 0 Å². The van der Waals surface area contributed by atoms with Gasteiger partial charge in [-0.25, -0.2) is 0 Å². The van der Waals surface area contributed by atoms with E-state index in [1.54, 1.807) is 12.7 Å². The molecule has 0 N–H and O–H groups in total. The molecule has 144 valence electrons. The first kappa shape index (κ1) is 16.6. The number of likely N-dealkylation sites (tertiary alicyclic amines) is 1. The lowest BCUT2D eigenvalue weighted by Gasteiger charge is -2.57. The lowest BCUT2D eigenvalue weighted by atomic mass is 9.54. The molecule has 4 nitrogen and oxygen atoms in total. The van der Waals surface area contributed by atoms with Gasteiger partial charge in [0.25, 0.3) is 0 Å². The van der Waals surface area contributed by atoms with Gasteiger partial charge in [-0.2, -0.15) is 0 Å². The van der Waals surface area contributed by atoms with Crippen LogP contribution in [0, 0.1) is 5.92 Å². The number of methoxy groups -OCH3 is 1. The molecule has 1 spiro atoms. The summed E-state index contributed by atoms with van der Waals surface area (Å²) in [5, 5.41) is 0. The molecule has 2 heterocycles. The van der Waals surface area contributed by atoms with Crippen molar-refractivity contribution in [2.75, 3.05) is 33.6 Å². The van der Waals surface area contributed by atoms with Crippen molar-refractivity contribution in [1.29, 1.82) is 0 Å². The quantitative estimate of drug-likeness (QED) is 0.766. The highest BCUT2D eigenvalue weighted by molar-refractivity contribution is 5.54. The van der Waals surface area contributed by atoms with Gasteiger partial charge in [-0.1, -0.05) is 12.1 Å². The average Bonchev–Trinajstić information content (AvgIpc) is 3.41. The molecule has 0 amide bonds. The van der Waals surface area contributed by atoms with Crippen LogP contribution in [0.15, 0.2) is 29.8 Å². The van der Waals surface area contributed by atoms with Crippen molar-refractivity contribution in [3.63, 3.8) is 0 Å². The molecule has 1 unspecified atom stereocenters. The van der Waals surface area contributed by atoms with E-state index in [-0.39, 0.29) is 11.0 Å². The van der Waals surface area contributed by atoms with Crippen molar-refractivity contribution < 1.29 is 14.2 Å². The van der Waals surface area contributed by atoms with Crippen LogP contribution in [-0.2, 0) is 21.3 Å². The van der Waals surface area contributed by atoms with Crippen LogP contribution in [0.4, 0.5) is 0 Å². The van der Waals surface area contributed by atoms with Crippen molar-refractivity contribution in [2.45, 2.75) is 55.6 Å². The molecule has 3 fully saturated rings. The highest BCUT2D eigenvalue weighted by Gasteiger charge is 2.56. The normalized spacial score (nSPS) is 37.7. The van der Waals surface area contributed by atoms with Gasteiger partial charge >= 0.3 is 0 Å². The number of hydrogen-bond acceptors (Lipinski definition) is 4. The van der Waals surface area contributed by atoms with Gasteiger partial charge in [-0.3, -0.25) is 4.90 Å². The van der Waals surface area contributed by atoms with Gasteiger partial charge in [-0.15, -0.1) is 0 Å². The zero-order valence-electron chi connectivity index (χ0n) is 16.2. The van der Waals surface area contributed by atoms with Crippen molar-refractivity contribution in [3.8, 4) is 5.75 Å². The molecule has 2 aliphatic heterocycles. The Bertz CT molecular complexity index is 793. The predicted molar refractivity (Wildman–Crippen MR) is 103 cm³/mol. The fraction of sp³-hybridized carbons (Fsp3) is 0.652. The minimum absolute atomic E-state index is 0.0960. The van der Waals surface area contributed by atoms with Crippen LogP contribution in [0.25, 0.3) is 0 Å². The van der Waals surface area contributed by atoms with E-state index in [0.717, 1.165) is 37.5 Å². The Morgan fingerprint density at radius 3 is 3.00 bits per heavy atom. The molecule has 5 aliphatic rings. The van der Waals surface area contributed by atoms with Crippen molar-refractivity contribution in [2.24, 2.45) is 5.92 Å². The first-order valence-corrected chi connectivity index (χ1v) is 10.6. The van der Waals surface area contributed by atoms with Crippen LogP contribution >= 0.6 is 0 Å². The Morgan fingerprint density at radius 1 is 1.30 bits per heavy atom. The Balaban J connectivity index is 1.48. The zero-order valence-corrected chi connectivity index (χ0v) is 16.2. The van der Waals surface area contributed by atoms with Crippen LogP contribution in [0.3, 0.4) is 0 Å². The maximum Gasteiger partial charge on any atom is 0.147 e. The molecule has 6 rings (SSSR count). The van der Waals surface area contributed by atoms with Crippen LogP contribution in [0.2, 0.25) is 0 Å². The number of rotatable bonds is 3. The Labute approximate surface area is 161 Å². The van der Waals surface area contributed by atoms with Crippen molar-refractivity contribution in [1.82, 2.24) is 4.90 Å². The number of piperidine rings is 1. The molecular formula is C23H29NO3.